The lowest BCUT2D eigenvalue weighted by Crippen LogP contribution is -2.00. The number of benzene rings is 1. The van der Waals surface area contributed by atoms with Gasteiger partial charge in [-0.2, -0.15) is 0 Å². The summed E-state index contributed by atoms with van der Waals surface area (Å²) in [7, 11) is 0. The van der Waals surface area contributed by atoms with E-state index in [9.17, 15) is 9.59 Å². The first kappa shape index (κ1) is 13.8. The molecule has 5 nitrogen and oxygen atoms in total. The van der Waals surface area contributed by atoms with E-state index in [4.69, 9.17) is 9.52 Å². The summed E-state index contributed by atoms with van der Waals surface area (Å²) in [4.78, 5) is 25.8. The fourth-order valence-electron chi connectivity index (χ4n) is 2.12. The Labute approximate surface area is 125 Å². The molecule has 2 heterocycles. The molecule has 1 N–H and O–H groups in total. The van der Waals surface area contributed by atoms with Crippen LogP contribution in [-0.4, -0.2) is 22.3 Å². The van der Waals surface area contributed by atoms with Crippen molar-refractivity contribution in [1.29, 1.82) is 0 Å². The molecule has 0 aliphatic rings. The molecule has 0 radical (unpaired) electrons. The molecular formula is C17H11NO4. The highest BCUT2D eigenvalue weighted by molar-refractivity contribution is 5.86. The second-order valence-electron chi connectivity index (χ2n) is 4.61. The van der Waals surface area contributed by atoms with Crippen molar-refractivity contribution in [2.75, 3.05) is 0 Å². The molecule has 0 saturated heterocycles. The lowest BCUT2D eigenvalue weighted by Gasteiger charge is -2.04. The van der Waals surface area contributed by atoms with Gasteiger partial charge >= 0.3 is 5.97 Å². The largest absolute Gasteiger partial charge is 0.477 e. The van der Waals surface area contributed by atoms with E-state index in [2.05, 4.69) is 4.98 Å². The summed E-state index contributed by atoms with van der Waals surface area (Å²) in [5.74, 6) is -0.246. The SMILES string of the molecule is O=Cc1ccc(-c2cccc(-c3cccc(C(=O)O)n3)c2)o1. The molecule has 5 heteroatoms. The minimum Gasteiger partial charge on any atom is -0.477 e. The maximum absolute atomic E-state index is 11.0. The van der Waals surface area contributed by atoms with Crippen LogP contribution in [0.25, 0.3) is 22.6 Å². The van der Waals surface area contributed by atoms with Gasteiger partial charge in [0.25, 0.3) is 0 Å². The van der Waals surface area contributed by atoms with Crippen molar-refractivity contribution in [3.05, 3.63) is 66.1 Å². The lowest BCUT2D eigenvalue weighted by atomic mass is 10.1. The normalized spacial score (nSPS) is 10.4. The van der Waals surface area contributed by atoms with Crippen LogP contribution in [-0.2, 0) is 0 Å². The highest BCUT2D eigenvalue weighted by Gasteiger charge is 2.09. The molecule has 0 atom stereocenters. The topological polar surface area (TPSA) is 80.4 Å². The Hall–Kier alpha value is -3.21. The summed E-state index contributed by atoms with van der Waals surface area (Å²) < 4.78 is 5.39. The van der Waals surface area contributed by atoms with E-state index in [0.29, 0.717) is 17.7 Å². The summed E-state index contributed by atoms with van der Waals surface area (Å²) in [5.41, 5.74) is 2.10. The minimum atomic E-state index is -1.07. The highest BCUT2D eigenvalue weighted by Crippen LogP contribution is 2.26. The minimum absolute atomic E-state index is 0.0101. The zero-order valence-electron chi connectivity index (χ0n) is 11.4. The summed E-state index contributed by atoms with van der Waals surface area (Å²) in [5, 5.41) is 9.01. The fraction of sp³-hybridized carbons (Fsp3) is 0. The molecule has 3 aromatic rings. The summed E-state index contributed by atoms with van der Waals surface area (Å²) >= 11 is 0. The van der Waals surface area contributed by atoms with Crippen molar-refractivity contribution in [3.8, 4) is 22.6 Å². The van der Waals surface area contributed by atoms with Crippen molar-refractivity contribution >= 4 is 12.3 Å². The second kappa shape index (κ2) is 5.65. The van der Waals surface area contributed by atoms with E-state index < -0.39 is 5.97 Å². The standard InChI is InChI=1S/C17H11NO4/c19-10-13-7-8-16(22-13)12-4-1-3-11(9-12)14-5-2-6-15(18-14)17(20)21/h1-10H,(H,20,21). The highest BCUT2D eigenvalue weighted by atomic mass is 16.4. The second-order valence-corrected chi connectivity index (χ2v) is 4.61. The van der Waals surface area contributed by atoms with E-state index in [1.807, 2.05) is 24.3 Å². The van der Waals surface area contributed by atoms with Gasteiger partial charge in [-0.05, 0) is 30.3 Å². The number of furan rings is 1. The molecule has 0 spiro atoms. The van der Waals surface area contributed by atoms with Crippen molar-refractivity contribution in [2.45, 2.75) is 0 Å². The number of hydrogen-bond donors (Lipinski definition) is 1. The molecule has 0 saturated carbocycles. The first-order valence-electron chi connectivity index (χ1n) is 6.53. The number of pyridine rings is 1. The first-order valence-corrected chi connectivity index (χ1v) is 6.53. The molecule has 0 aliphatic carbocycles. The molecule has 3 rings (SSSR count). The number of hydrogen-bond acceptors (Lipinski definition) is 4. The van der Waals surface area contributed by atoms with Crippen LogP contribution in [0.4, 0.5) is 0 Å². The van der Waals surface area contributed by atoms with Crippen LogP contribution in [0, 0.1) is 0 Å². The maximum Gasteiger partial charge on any atom is 0.354 e. The van der Waals surface area contributed by atoms with Gasteiger partial charge in [0.05, 0.1) is 5.69 Å². The zero-order valence-corrected chi connectivity index (χ0v) is 11.4. The smallest absolute Gasteiger partial charge is 0.354 e. The Morgan fingerprint density at radius 2 is 1.82 bits per heavy atom. The fourth-order valence-corrected chi connectivity index (χ4v) is 2.12. The quantitative estimate of drug-likeness (QED) is 0.744. The average molecular weight is 293 g/mol. The molecule has 2 aromatic heterocycles. The number of carbonyl (C=O) groups excluding carboxylic acids is 1. The van der Waals surface area contributed by atoms with Gasteiger partial charge in [0.2, 0.25) is 0 Å². The summed E-state index contributed by atoms with van der Waals surface area (Å²) in [6.45, 7) is 0. The monoisotopic (exact) mass is 293 g/mol. The number of rotatable bonds is 4. The zero-order chi connectivity index (χ0) is 15.5. The number of aromatic nitrogens is 1. The van der Waals surface area contributed by atoms with Crippen molar-refractivity contribution in [1.82, 2.24) is 4.98 Å². The van der Waals surface area contributed by atoms with Crippen LogP contribution < -0.4 is 0 Å². The molecule has 1 aromatic carbocycles. The van der Waals surface area contributed by atoms with E-state index >= 15 is 0 Å². The predicted molar refractivity (Wildman–Crippen MR) is 79.7 cm³/mol. The summed E-state index contributed by atoms with van der Waals surface area (Å²) in [6, 6.07) is 15.5. The van der Waals surface area contributed by atoms with Crippen molar-refractivity contribution < 1.29 is 19.1 Å². The molecule has 0 aliphatic heterocycles. The van der Waals surface area contributed by atoms with Gasteiger partial charge in [0.1, 0.15) is 11.5 Å². The van der Waals surface area contributed by atoms with Crippen LogP contribution in [0.15, 0.2) is 59.0 Å². The van der Waals surface area contributed by atoms with Crippen LogP contribution in [0.3, 0.4) is 0 Å². The van der Waals surface area contributed by atoms with Crippen molar-refractivity contribution in [3.63, 3.8) is 0 Å². The number of carboxylic acids is 1. The van der Waals surface area contributed by atoms with Crippen molar-refractivity contribution in [2.24, 2.45) is 0 Å². The molecule has 0 unspecified atom stereocenters. The van der Waals surface area contributed by atoms with Gasteiger partial charge in [-0.25, -0.2) is 9.78 Å². The van der Waals surface area contributed by atoms with Crippen LogP contribution in [0.5, 0.6) is 0 Å². The van der Waals surface area contributed by atoms with Gasteiger partial charge in [-0.15, -0.1) is 0 Å². The van der Waals surface area contributed by atoms with Gasteiger partial charge in [0.15, 0.2) is 12.0 Å². The molecular weight excluding hydrogens is 282 g/mol. The molecule has 0 amide bonds. The lowest BCUT2D eigenvalue weighted by molar-refractivity contribution is 0.0690. The van der Waals surface area contributed by atoms with E-state index in [0.717, 1.165) is 11.1 Å². The number of carboxylic acid groups (broad SMARTS) is 1. The first-order chi connectivity index (χ1) is 10.7. The van der Waals surface area contributed by atoms with E-state index in [1.54, 1.807) is 24.3 Å². The van der Waals surface area contributed by atoms with Gasteiger partial charge in [0, 0.05) is 11.1 Å². The Morgan fingerprint density at radius 3 is 2.55 bits per heavy atom. The number of nitrogens with zero attached hydrogens (tertiary/aromatic N) is 1. The maximum atomic E-state index is 11.0. The van der Waals surface area contributed by atoms with Crippen LogP contribution in [0.2, 0.25) is 0 Å². The van der Waals surface area contributed by atoms with E-state index in [1.165, 1.54) is 6.07 Å². The molecule has 0 bridgehead atoms. The molecule has 108 valence electrons. The number of aldehydes is 1. The Kier molecular flexibility index (Phi) is 3.53. The average Bonchev–Trinajstić information content (AvgIpc) is 3.04. The van der Waals surface area contributed by atoms with Gasteiger partial charge in [-0.1, -0.05) is 24.3 Å². The van der Waals surface area contributed by atoms with Crippen LogP contribution >= 0.6 is 0 Å². The third-order valence-electron chi connectivity index (χ3n) is 3.15. The number of carbonyl (C=O) groups is 2. The third kappa shape index (κ3) is 2.64. The third-order valence-corrected chi connectivity index (χ3v) is 3.15. The van der Waals surface area contributed by atoms with Gasteiger partial charge in [-0.3, -0.25) is 4.79 Å². The number of aromatic carboxylic acids is 1. The summed E-state index contributed by atoms with van der Waals surface area (Å²) in [6.07, 6.45) is 0.644. The van der Waals surface area contributed by atoms with Crippen LogP contribution in [0.1, 0.15) is 21.0 Å². The van der Waals surface area contributed by atoms with E-state index in [-0.39, 0.29) is 11.5 Å². The Balaban J connectivity index is 2.02. The molecule has 22 heavy (non-hydrogen) atoms. The molecule has 0 fully saturated rings. The van der Waals surface area contributed by atoms with Gasteiger partial charge < -0.3 is 9.52 Å². The Bertz CT molecular complexity index is 851. The predicted octanol–water partition coefficient (Wildman–Crippen LogP) is 3.52. The Morgan fingerprint density at radius 1 is 1.05 bits per heavy atom.